The number of carbonyl (C=O) groups is 2. The van der Waals surface area contributed by atoms with E-state index in [1.165, 1.54) is 6.08 Å². The number of carbonyl (C=O) groups excluding carboxylic acids is 2. The molecule has 1 N–H and O–H groups in total. The van der Waals surface area contributed by atoms with Crippen LogP contribution < -0.4 is 5.32 Å². The third-order valence-corrected chi connectivity index (χ3v) is 5.12. The number of esters is 1. The van der Waals surface area contributed by atoms with Crippen LogP contribution in [0.4, 0.5) is 37.7 Å². The molecule has 7 nitrogen and oxygen atoms in total. The summed E-state index contributed by atoms with van der Waals surface area (Å²) in [6.07, 6.45) is -9.83. The van der Waals surface area contributed by atoms with E-state index in [1.807, 2.05) is 0 Å². The van der Waals surface area contributed by atoms with Crippen LogP contribution in [0, 0.1) is 10.1 Å². The van der Waals surface area contributed by atoms with Gasteiger partial charge in [0.2, 0.25) is 5.91 Å². The maximum absolute atomic E-state index is 14.0. The summed E-state index contributed by atoms with van der Waals surface area (Å²) in [6, 6.07) is 14.0. The summed E-state index contributed by atoms with van der Waals surface area (Å²) in [6.45, 7) is 0. The highest BCUT2D eigenvalue weighted by Crippen LogP contribution is 2.53. The van der Waals surface area contributed by atoms with Gasteiger partial charge in [0.1, 0.15) is 0 Å². The maximum Gasteiger partial charge on any atom is 0.442 e. The van der Waals surface area contributed by atoms with Crippen LogP contribution in [-0.4, -0.2) is 29.2 Å². The van der Waals surface area contributed by atoms with Crippen LogP contribution in [0.5, 0.6) is 0 Å². The second-order valence-electron chi connectivity index (χ2n) is 7.68. The highest BCUT2D eigenvalue weighted by molar-refractivity contribution is 6.01. The Bertz CT molecular complexity index is 1340. The summed E-state index contributed by atoms with van der Waals surface area (Å²) in [7, 11) is 0. The summed E-state index contributed by atoms with van der Waals surface area (Å²) < 4.78 is 88.2. The lowest BCUT2D eigenvalue weighted by molar-refractivity contribution is -0.384. The minimum absolute atomic E-state index is 0.139. The van der Waals surface area contributed by atoms with Gasteiger partial charge in [-0.25, -0.2) is 4.79 Å². The van der Waals surface area contributed by atoms with E-state index in [-0.39, 0.29) is 5.69 Å². The molecule has 0 unspecified atom stereocenters. The maximum atomic E-state index is 14.0. The molecule has 38 heavy (non-hydrogen) atoms. The predicted molar refractivity (Wildman–Crippen MR) is 123 cm³/mol. The number of alkyl halides is 6. The Morgan fingerprint density at radius 2 is 1.45 bits per heavy atom. The minimum Gasteiger partial charge on any atom is -0.431 e. The Morgan fingerprint density at radius 3 is 2.00 bits per heavy atom. The summed E-state index contributed by atoms with van der Waals surface area (Å²) in [5.74, 6) is -2.80. The lowest BCUT2D eigenvalue weighted by atomic mass is 9.91. The normalized spacial score (nSPS) is 12.3. The summed E-state index contributed by atoms with van der Waals surface area (Å²) in [5.41, 5.74) is -7.73. The molecule has 3 rings (SSSR count). The fourth-order valence-corrected chi connectivity index (χ4v) is 3.32. The predicted octanol–water partition coefficient (Wildman–Crippen LogP) is 6.42. The number of amides is 1. The van der Waals surface area contributed by atoms with E-state index in [0.29, 0.717) is 23.8 Å². The zero-order valence-corrected chi connectivity index (χ0v) is 18.9. The molecule has 1 amide bonds. The first kappa shape index (κ1) is 27.9. The molecule has 0 aromatic heterocycles. The molecule has 0 radical (unpaired) electrons. The largest absolute Gasteiger partial charge is 0.442 e. The molecule has 13 heteroatoms. The molecule has 198 valence electrons. The van der Waals surface area contributed by atoms with Crippen molar-refractivity contribution in [1.29, 1.82) is 0 Å². The Hall–Kier alpha value is -4.68. The number of hydrogen-bond donors (Lipinski definition) is 1. The van der Waals surface area contributed by atoms with Crippen LogP contribution in [0.25, 0.3) is 6.08 Å². The van der Waals surface area contributed by atoms with Crippen LogP contribution in [0.1, 0.15) is 21.5 Å². The lowest BCUT2D eigenvalue weighted by Gasteiger charge is -2.36. The Labute approximate surface area is 210 Å². The third kappa shape index (κ3) is 5.99. The van der Waals surface area contributed by atoms with E-state index in [9.17, 15) is 46.0 Å². The highest BCUT2D eigenvalue weighted by atomic mass is 19.4. The zero-order valence-electron chi connectivity index (χ0n) is 18.9. The first-order valence-corrected chi connectivity index (χ1v) is 10.5. The van der Waals surface area contributed by atoms with Crippen molar-refractivity contribution in [3.63, 3.8) is 0 Å². The number of hydrogen-bond acceptors (Lipinski definition) is 5. The van der Waals surface area contributed by atoms with Crippen LogP contribution in [0.3, 0.4) is 0 Å². The summed E-state index contributed by atoms with van der Waals surface area (Å²) in [5, 5.41) is 13.2. The topological polar surface area (TPSA) is 98.5 Å². The number of ether oxygens (including phenoxy) is 1. The molecule has 0 fully saturated rings. The zero-order chi connectivity index (χ0) is 28.1. The number of benzene rings is 3. The molecule has 0 bridgehead atoms. The lowest BCUT2D eigenvalue weighted by Crippen LogP contribution is -2.56. The average Bonchev–Trinajstić information content (AvgIpc) is 2.85. The quantitative estimate of drug-likeness (QED) is 0.123. The first-order chi connectivity index (χ1) is 17.7. The van der Waals surface area contributed by atoms with Gasteiger partial charge in [0.05, 0.1) is 10.5 Å². The van der Waals surface area contributed by atoms with Gasteiger partial charge in [-0.3, -0.25) is 14.9 Å². The minimum atomic E-state index is -6.19. The van der Waals surface area contributed by atoms with Crippen molar-refractivity contribution in [3.8, 4) is 0 Å². The van der Waals surface area contributed by atoms with Crippen molar-refractivity contribution in [2.45, 2.75) is 18.0 Å². The second kappa shape index (κ2) is 10.7. The first-order valence-electron chi connectivity index (χ1n) is 10.5. The average molecular weight is 538 g/mol. The van der Waals surface area contributed by atoms with Crippen molar-refractivity contribution in [1.82, 2.24) is 0 Å². The SMILES string of the molecule is O=C(C=Cc1ccccc1)Nc1ccc(C(OC(=O)c2cccc([N+](=O)[O-])c2)(C(F)(F)F)C(F)(F)F)cc1. The highest BCUT2D eigenvalue weighted by Gasteiger charge is 2.75. The molecule has 0 aliphatic rings. The van der Waals surface area contributed by atoms with Gasteiger partial charge in [0.25, 0.3) is 5.69 Å². The van der Waals surface area contributed by atoms with Crippen molar-refractivity contribution in [2.75, 3.05) is 5.32 Å². The van der Waals surface area contributed by atoms with Crippen LogP contribution in [0.15, 0.2) is 84.9 Å². The molecule has 0 saturated carbocycles. The van der Waals surface area contributed by atoms with Gasteiger partial charge in [-0.2, -0.15) is 26.3 Å². The van der Waals surface area contributed by atoms with Crippen molar-refractivity contribution >= 4 is 29.3 Å². The number of nitro benzene ring substituents is 1. The molecular formula is C25H16F6N2O5. The monoisotopic (exact) mass is 538 g/mol. The van der Waals surface area contributed by atoms with Crippen LogP contribution in [-0.2, 0) is 15.1 Å². The van der Waals surface area contributed by atoms with Gasteiger partial charge in [-0.05, 0) is 29.8 Å². The standard InChI is InChI=1S/C25H16F6N2O5/c26-24(27,28)23(25(29,30)31,38-22(35)17-7-4-8-20(15-17)33(36)37)18-10-12-19(13-11-18)32-21(34)14-9-16-5-2-1-3-6-16/h1-15H,(H,32,34). The molecule has 3 aromatic carbocycles. The molecule has 0 atom stereocenters. The third-order valence-electron chi connectivity index (χ3n) is 5.12. The Balaban J connectivity index is 1.93. The molecule has 0 saturated heterocycles. The van der Waals surface area contributed by atoms with E-state index in [4.69, 9.17) is 0 Å². The number of rotatable bonds is 7. The molecule has 0 aliphatic carbocycles. The van der Waals surface area contributed by atoms with Gasteiger partial charge < -0.3 is 10.1 Å². The fraction of sp³-hybridized carbons (Fsp3) is 0.120. The number of nitrogens with one attached hydrogen (secondary N) is 1. The van der Waals surface area contributed by atoms with Crippen molar-refractivity contribution in [2.24, 2.45) is 0 Å². The van der Waals surface area contributed by atoms with E-state index >= 15 is 0 Å². The van der Waals surface area contributed by atoms with Gasteiger partial charge in [-0.15, -0.1) is 0 Å². The van der Waals surface area contributed by atoms with Crippen LogP contribution in [0.2, 0.25) is 0 Å². The number of non-ortho nitro benzene ring substituents is 1. The van der Waals surface area contributed by atoms with Gasteiger partial charge in [0.15, 0.2) is 0 Å². The van der Waals surface area contributed by atoms with Crippen molar-refractivity contribution in [3.05, 3.63) is 112 Å². The van der Waals surface area contributed by atoms with Crippen LogP contribution >= 0.6 is 0 Å². The summed E-state index contributed by atoms with van der Waals surface area (Å²) >= 11 is 0. The van der Waals surface area contributed by atoms with Gasteiger partial charge >= 0.3 is 23.9 Å². The number of nitro groups is 1. The van der Waals surface area contributed by atoms with E-state index in [0.717, 1.165) is 36.4 Å². The number of nitrogens with zero attached hydrogens (tertiary/aromatic N) is 1. The summed E-state index contributed by atoms with van der Waals surface area (Å²) in [4.78, 5) is 34.4. The second-order valence-corrected chi connectivity index (χ2v) is 7.68. The smallest absolute Gasteiger partial charge is 0.431 e. The Morgan fingerprint density at radius 1 is 0.842 bits per heavy atom. The van der Waals surface area contributed by atoms with Gasteiger partial charge in [0, 0.05) is 29.5 Å². The fourth-order valence-electron chi connectivity index (χ4n) is 3.32. The number of anilines is 1. The molecule has 0 heterocycles. The molecule has 3 aromatic rings. The molecule has 0 spiro atoms. The van der Waals surface area contributed by atoms with Crippen molar-refractivity contribution < 1.29 is 45.6 Å². The van der Waals surface area contributed by atoms with Gasteiger partial charge in [-0.1, -0.05) is 48.5 Å². The molecule has 0 aliphatic heterocycles. The van der Waals surface area contributed by atoms with E-state index < -0.39 is 51.6 Å². The molecular weight excluding hydrogens is 522 g/mol. The Kier molecular flexibility index (Phi) is 7.89. The number of halogens is 6. The van der Waals surface area contributed by atoms with E-state index in [2.05, 4.69) is 10.1 Å². The van der Waals surface area contributed by atoms with E-state index in [1.54, 1.807) is 30.3 Å².